The number of esters is 1. The second-order valence-corrected chi connectivity index (χ2v) is 6.06. The lowest BCUT2D eigenvalue weighted by Gasteiger charge is -2.13. The van der Waals surface area contributed by atoms with Crippen molar-refractivity contribution in [1.29, 1.82) is 5.26 Å². The van der Waals surface area contributed by atoms with Crippen LogP contribution in [0, 0.1) is 17.1 Å². The molecule has 0 aromatic heterocycles. The Morgan fingerprint density at radius 1 is 1.17 bits per heavy atom. The molecule has 29 heavy (non-hydrogen) atoms. The Morgan fingerprint density at radius 3 is 2.41 bits per heavy atom. The van der Waals surface area contributed by atoms with E-state index < -0.39 is 18.0 Å². The average Bonchev–Trinajstić information content (AvgIpc) is 2.72. The molecule has 0 heterocycles. The number of rotatable bonds is 8. The fourth-order valence-corrected chi connectivity index (χ4v) is 2.34. The van der Waals surface area contributed by atoms with Crippen LogP contribution in [0.5, 0.6) is 5.75 Å². The number of hydrogen-bond donors (Lipinski definition) is 1. The summed E-state index contributed by atoms with van der Waals surface area (Å²) in [6.07, 6.45) is 0.279. The molecular weight excluding hydrogens is 375 g/mol. The maximum absolute atomic E-state index is 12.9. The molecule has 0 fully saturated rings. The normalized spacial score (nSPS) is 11.9. The Labute approximate surface area is 168 Å². The van der Waals surface area contributed by atoms with Crippen molar-refractivity contribution in [3.8, 4) is 11.8 Å². The molecule has 6 nitrogen and oxygen atoms in total. The van der Waals surface area contributed by atoms with Crippen molar-refractivity contribution >= 4 is 18.0 Å². The summed E-state index contributed by atoms with van der Waals surface area (Å²) in [6.45, 7) is 3.97. The number of halogens is 1. The van der Waals surface area contributed by atoms with Crippen LogP contribution in [0.2, 0.25) is 0 Å². The van der Waals surface area contributed by atoms with Crippen molar-refractivity contribution in [3.63, 3.8) is 0 Å². The highest BCUT2D eigenvalue weighted by Crippen LogP contribution is 2.15. The lowest BCUT2D eigenvalue weighted by molar-refractivity contribution is -0.150. The predicted octanol–water partition coefficient (Wildman–Crippen LogP) is 3.38. The van der Waals surface area contributed by atoms with Gasteiger partial charge in [0.25, 0.3) is 5.91 Å². The molecule has 1 amide bonds. The first-order valence-electron chi connectivity index (χ1n) is 9.00. The van der Waals surface area contributed by atoms with E-state index in [1.165, 1.54) is 25.1 Å². The molecule has 0 saturated heterocycles. The fourth-order valence-electron chi connectivity index (χ4n) is 2.34. The molecule has 0 spiro atoms. The van der Waals surface area contributed by atoms with Gasteiger partial charge in [0.1, 0.15) is 23.2 Å². The van der Waals surface area contributed by atoms with E-state index >= 15 is 0 Å². The molecule has 0 aliphatic carbocycles. The molecule has 0 bridgehead atoms. The van der Waals surface area contributed by atoms with Crippen LogP contribution in [0.4, 0.5) is 4.39 Å². The van der Waals surface area contributed by atoms with Gasteiger partial charge in [-0.1, -0.05) is 24.3 Å². The Kier molecular flexibility index (Phi) is 7.92. The van der Waals surface area contributed by atoms with Gasteiger partial charge in [0.05, 0.1) is 6.61 Å². The smallest absolute Gasteiger partial charge is 0.349 e. The van der Waals surface area contributed by atoms with Crippen LogP contribution in [-0.2, 0) is 20.9 Å². The third-order valence-electron chi connectivity index (χ3n) is 3.88. The number of benzene rings is 2. The second-order valence-electron chi connectivity index (χ2n) is 6.06. The number of nitrogens with one attached hydrogen (secondary N) is 1. The van der Waals surface area contributed by atoms with Crippen LogP contribution in [0.1, 0.15) is 25.0 Å². The highest BCUT2D eigenvalue weighted by Gasteiger charge is 2.20. The fraction of sp³-hybridized carbons (Fsp3) is 0.227. The Bertz CT molecular complexity index is 915. The first-order chi connectivity index (χ1) is 13.9. The standard InChI is InChI=1S/C22H21FN2O4/c1-3-28-20-10-6-16(7-11-20)12-18(13-24)22(27)29-15(2)21(26)25-14-17-4-8-19(23)9-5-17/h4-12,15H,3,14H2,1-2H3,(H,25,26)/b18-12+/t15-/m1/s1. The second kappa shape index (κ2) is 10.6. The van der Waals surface area contributed by atoms with Crippen molar-refractivity contribution in [1.82, 2.24) is 5.32 Å². The molecule has 1 N–H and O–H groups in total. The zero-order chi connectivity index (χ0) is 21.2. The van der Waals surface area contributed by atoms with Crippen LogP contribution in [0.25, 0.3) is 6.08 Å². The van der Waals surface area contributed by atoms with Crippen molar-refractivity contribution in [2.24, 2.45) is 0 Å². The van der Waals surface area contributed by atoms with Gasteiger partial charge in [0, 0.05) is 6.54 Å². The first kappa shape index (κ1) is 21.6. The van der Waals surface area contributed by atoms with E-state index in [4.69, 9.17) is 9.47 Å². The topological polar surface area (TPSA) is 88.4 Å². The van der Waals surface area contributed by atoms with Crippen LogP contribution in [0.15, 0.2) is 54.1 Å². The van der Waals surface area contributed by atoms with Crippen molar-refractivity contribution < 1.29 is 23.5 Å². The molecule has 7 heteroatoms. The van der Waals surface area contributed by atoms with E-state index in [0.29, 0.717) is 23.5 Å². The number of ether oxygens (including phenoxy) is 2. The van der Waals surface area contributed by atoms with E-state index in [1.807, 2.05) is 6.92 Å². The molecule has 2 aromatic rings. The minimum absolute atomic E-state index is 0.161. The van der Waals surface area contributed by atoms with E-state index in [9.17, 15) is 19.2 Å². The van der Waals surface area contributed by atoms with E-state index in [0.717, 1.165) is 0 Å². The van der Waals surface area contributed by atoms with Crippen molar-refractivity contribution in [2.75, 3.05) is 6.61 Å². The summed E-state index contributed by atoms with van der Waals surface area (Å²) in [6, 6.07) is 14.3. The van der Waals surface area contributed by atoms with Crippen molar-refractivity contribution in [3.05, 3.63) is 71.0 Å². The van der Waals surface area contributed by atoms with Gasteiger partial charge in [0.15, 0.2) is 6.10 Å². The van der Waals surface area contributed by atoms with Gasteiger partial charge in [-0.2, -0.15) is 5.26 Å². The van der Waals surface area contributed by atoms with Gasteiger partial charge in [0.2, 0.25) is 0 Å². The predicted molar refractivity (Wildman–Crippen MR) is 105 cm³/mol. The zero-order valence-corrected chi connectivity index (χ0v) is 16.1. The first-order valence-corrected chi connectivity index (χ1v) is 9.00. The molecule has 0 unspecified atom stereocenters. The Balaban J connectivity index is 1.94. The van der Waals surface area contributed by atoms with E-state index in [2.05, 4.69) is 5.32 Å². The maximum Gasteiger partial charge on any atom is 0.349 e. The summed E-state index contributed by atoms with van der Waals surface area (Å²) < 4.78 is 23.3. The SMILES string of the molecule is CCOc1ccc(/C=C(\C#N)C(=O)O[C@H](C)C(=O)NCc2ccc(F)cc2)cc1. The van der Waals surface area contributed by atoms with Crippen LogP contribution >= 0.6 is 0 Å². The van der Waals surface area contributed by atoms with Gasteiger partial charge in [-0.05, 0) is 55.3 Å². The number of hydrogen-bond acceptors (Lipinski definition) is 5. The minimum atomic E-state index is -1.10. The van der Waals surface area contributed by atoms with Crippen LogP contribution in [0.3, 0.4) is 0 Å². The Hall–Kier alpha value is -3.66. The molecule has 0 aliphatic rings. The Morgan fingerprint density at radius 2 is 1.83 bits per heavy atom. The number of carbonyl (C=O) groups is 2. The molecule has 2 aromatic carbocycles. The number of nitrogens with zero attached hydrogens (tertiary/aromatic N) is 1. The lowest BCUT2D eigenvalue weighted by Crippen LogP contribution is -2.35. The summed E-state index contributed by atoms with van der Waals surface area (Å²) in [5, 5.41) is 11.8. The van der Waals surface area contributed by atoms with Gasteiger partial charge >= 0.3 is 5.97 Å². The summed E-state index contributed by atoms with van der Waals surface area (Å²) in [7, 11) is 0. The quantitative estimate of drug-likeness (QED) is 0.420. The zero-order valence-electron chi connectivity index (χ0n) is 16.1. The number of nitriles is 1. The monoisotopic (exact) mass is 396 g/mol. The lowest BCUT2D eigenvalue weighted by atomic mass is 10.1. The van der Waals surface area contributed by atoms with Crippen molar-refractivity contribution in [2.45, 2.75) is 26.5 Å². The van der Waals surface area contributed by atoms with Crippen LogP contribution < -0.4 is 10.1 Å². The summed E-state index contributed by atoms with van der Waals surface area (Å²) in [4.78, 5) is 24.3. The highest BCUT2D eigenvalue weighted by molar-refractivity contribution is 5.99. The number of amides is 1. The van der Waals surface area contributed by atoms with Gasteiger partial charge < -0.3 is 14.8 Å². The highest BCUT2D eigenvalue weighted by atomic mass is 19.1. The molecular formula is C22H21FN2O4. The van der Waals surface area contributed by atoms with Gasteiger partial charge in [-0.3, -0.25) is 4.79 Å². The largest absolute Gasteiger partial charge is 0.494 e. The third kappa shape index (κ3) is 6.78. The third-order valence-corrected chi connectivity index (χ3v) is 3.88. The molecule has 2 rings (SSSR count). The van der Waals surface area contributed by atoms with Gasteiger partial charge in [-0.25, -0.2) is 9.18 Å². The molecule has 0 radical (unpaired) electrons. The summed E-state index contributed by atoms with van der Waals surface area (Å²) >= 11 is 0. The molecule has 1 atom stereocenters. The minimum Gasteiger partial charge on any atom is -0.494 e. The summed E-state index contributed by atoms with van der Waals surface area (Å²) in [5.41, 5.74) is 1.09. The van der Waals surface area contributed by atoms with E-state index in [1.54, 1.807) is 42.5 Å². The molecule has 0 aliphatic heterocycles. The number of carbonyl (C=O) groups excluding carboxylic acids is 2. The molecule has 150 valence electrons. The average molecular weight is 396 g/mol. The van der Waals surface area contributed by atoms with E-state index in [-0.39, 0.29) is 17.9 Å². The van der Waals surface area contributed by atoms with Crippen LogP contribution in [-0.4, -0.2) is 24.6 Å². The maximum atomic E-state index is 12.9. The summed E-state index contributed by atoms with van der Waals surface area (Å²) in [5.74, 6) is -1.12. The van der Waals surface area contributed by atoms with Gasteiger partial charge in [-0.15, -0.1) is 0 Å². The molecule has 0 saturated carbocycles.